The van der Waals surface area contributed by atoms with Crippen LogP contribution in [-0.4, -0.2) is 29.4 Å². The number of hydrogen-bond donors (Lipinski definition) is 2. The van der Waals surface area contributed by atoms with E-state index in [9.17, 15) is 9.59 Å². The highest BCUT2D eigenvalue weighted by Gasteiger charge is 2.25. The molecule has 0 amide bonds. The first-order valence-corrected chi connectivity index (χ1v) is 3.72. The van der Waals surface area contributed by atoms with Crippen LogP contribution in [0.3, 0.4) is 0 Å². The highest BCUT2D eigenvalue weighted by molar-refractivity contribution is 6.34. The molecule has 1 fully saturated rings. The molecule has 0 radical (unpaired) electrons. The second-order valence-corrected chi connectivity index (χ2v) is 2.67. The summed E-state index contributed by atoms with van der Waals surface area (Å²) in [6.07, 6.45) is 2.63. The second-order valence-electron chi connectivity index (χ2n) is 2.67. The molecule has 4 heteroatoms. The van der Waals surface area contributed by atoms with Gasteiger partial charge in [0, 0.05) is 0 Å². The quantitative estimate of drug-likeness (QED) is 0.544. The third kappa shape index (κ3) is 2.01. The highest BCUT2D eigenvalue weighted by Crippen LogP contribution is 2.07. The van der Waals surface area contributed by atoms with Gasteiger partial charge < -0.3 is 10.4 Å². The van der Waals surface area contributed by atoms with Crippen molar-refractivity contribution in [1.82, 2.24) is 5.32 Å². The maximum atomic E-state index is 10.8. The fraction of sp³-hybridized carbons (Fsp3) is 0.714. The van der Waals surface area contributed by atoms with Gasteiger partial charge in [-0.25, -0.2) is 4.79 Å². The van der Waals surface area contributed by atoms with E-state index in [1.54, 1.807) is 0 Å². The van der Waals surface area contributed by atoms with Crippen molar-refractivity contribution < 1.29 is 14.7 Å². The summed E-state index contributed by atoms with van der Waals surface area (Å²) in [5.74, 6) is -2.03. The number of ketones is 1. The Morgan fingerprint density at radius 2 is 2.09 bits per heavy atom. The molecule has 0 aliphatic carbocycles. The van der Waals surface area contributed by atoms with Crippen LogP contribution in [0.2, 0.25) is 0 Å². The molecule has 11 heavy (non-hydrogen) atoms. The van der Waals surface area contributed by atoms with Crippen LogP contribution in [0.15, 0.2) is 0 Å². The lowest BCUT2D eigenvalue weighted by atomic mass is 10.0. The van der Waals surface area contributed by atoms with Crippen LogP contribution in [0.5, 0.6) is 0 Å². The summed E-state index contributed by atoms with van der Waals surface area (Å²) in [6, 6.07) is -0.443. The zero-order chi connectivity index (χ0) is 8.27. The average molecular weight is 157 g/mol. The first-order valence-electron chi connectivity index (χ1n) is 3.72. The van der Waals surface area contributed by atoms with Gasteiger partial charge in [-0.3, -0.25) is 4.79 Å². The molecule has 1 heterocycles. The van der Waals surface area contributed by atoms with E-state index in [4.69, 9.17) is 5.11 Å². The standard InChI is InChI=1S/C7H11NO3/c9-6(7(10)11)5-3-1-2-4-8-5/h5,8H,1-4H2,(H,10,11). The van der Waals surface area contributed by atoms with Crippen molar-refractivity contribution >= 4 is 11.8 Å². The van der Waals surface area contributed by atoms with Gasteiger partial charge in [0.25, 0.3) is 5.78 Å². The number of rotatable bonds is 2. The Morgan fingerprint density at radius 3 is 2.55 bits per heavy atom. The number of carbonyl (C=O) groups is 2. The van der Waals surface area contributed by atoms with Crippen LogP contribution in [0.1, 0.15) is 19.3 Å². The van der Waals surface area contributed by atoms with E-state index in [1.807, 2.05) is 0 Å². The van der Waals surface area contributed by atoms with E-state index in [1.165, 1.54) is 0 Å². The minimum atomic E-state index is -1.33. The molecule has 1 unspecified atom stereocenters. The molecule has 4 nitrogen and oxygen atoms in total. The second kappa shape index (κ2) is 3.48. The molecule has 1 atom stereocenters. The van der Waals surface area contributed by atoms with Crippen molar-refractivity contribution in [3.8, 4) is 0 Å². The fourth-order valence-electron chi connectivity index (χ4n) is 1.22. The highest BCUT2D eigenvalue weighted by atomic mass is 16.4. The van der Waals surface area contributed by atoms with Crippen molar-refractivity contribution in [2.75, 3.05) is 6.54 Å². The van der Waals surface area contributed by atoms with Gasteiger partial charge >= 0.3 is 5.97 Å². The maximum absolute atomic E-state index is 10.8. The number of nitrogens with one attached hydrogen (secondary N) is 1. The number of carboxylic acids is 1. The SMILES string of the molecule is O=C(O)C(=O)C1CCCCN1. The summed E-state index contributed by atoms with van der Waals surface area (Å²) < 4.78 is 0. The van der Waals surface area contributed by atoms with Crippen molar-refractivity contribution in [2.24, 2.45) is 0 Å². The Labute approximate surface area is 64.6 Å². The van der Waals surface area contributed by atoms with Crippen molar-refractivity contribution in [3.63, 3.8) is 0 Å². The zero-order valence-corrected chi connectivity index (χ0v) is 6.17. The predicted molar refractivity (Wildman–Crippen MR) is 38.3 cm³/mol. The maximum Gasteiger partial charge on any atom is 0.373 e. The normalized spacial score (nSPS) is 24.5. The Morgan fingerprint density at radius 1 is 1.36 bits per heavy atom. The van der Waals surface area contributed by atoms with E-state index in [-0.39, 0.29) is 0 Å². The molecule has 2 N–H and O–H groups in total. The van der Waals surface area contributed by atoms with Gasteiger partial charge in [-0.2, -0.15) is 0 Å². The van der Waals surface area contributed by atoms with E-state index in [0.717, 1.165) is 19.4 Å². The fourth-order valence-corrected chi connectivity index (χ4v) is 1.22. The summed E-state index contributed by atoms with van der Waals surface area (Å²) in [5.41, 5.74) is 0. The Kier molecular flexibility index (Phi) is 2.59. The van der Waals surface area contributed by atoms with E-state index >= 15 is 0 Å². The van der Waals surface area contributed by atoms with Crippen LogP contribution in [0.25, 0.3) is 0 Å². The summed E-state index contributed by atoms with van der Waals surface area (Å²) >= 11 is 0. The molecule has 0 aromatic carbocycles. The predicted octanol–water partition coefficient (Wildman–Crippen LogP) is -0.218. The van der Waals surface area contributed by atoms with Gasteiger partial charge in [-0.05, 0) is 19.4 Å². The number of hydrogen-bond acceptors (Lipinski definition) is 3. The van der Waals surface area contributed by atoms with Gasteiger partial charge in [0.05, 0.1) is 6.04 Å². The molecule has 1 rings (SSSR count). The van der Waals surface area contributed by atoms with Crippen LogP contribution >= 0.6 is 0 Å². The summed E-state index contributed by atoms with van der Waals surface area (Å²) in [5, 5.41) is 11.2. The smallest absolute Gasteiger partial charge is 0.373 e. The first-order chi connectivity index (χ1) is 5.22. The molecule has 1 aliphatic heterocycles. The molecule has 0 aromatic heterocycles. The number of carbonyl (C=O) groups excluding carboxylic acids is 1. The molecule has 0 bridgehead atoms. The molecule has 1 aliphatic rings. The lowest BCUT2D eigenvalue weighted by Crippen LogP contribution is -2.43. The Balaban J connectivity index is 2.45. The Hall–Kier alpha value is -0.900. The molecule has 0 saturated carbocycles. The van der Waals surface area contributed by atoms with Gasteiger partial charge in [0.1, 0.15) is 0 Å². The van der Waals surface area contributed by atoms with Crippen LogP contribution in [0, 0.1) is 0 Å². The molecular weight excluding hydrogens is 146 g/mol. The van der Waals surface area contributed by atoms with E-state index in [0.29, 0.717) is 6.42 Å². The lowest BCUT2D eigenvalue weighted by molar-refractivity contribution is -0.150. The largest absolute Gasteiger partial charge is 0.475 e. The van der Waals surface area contributed by atoms with Crippen molar-refractivity contribution in [2.45, 2.75) is 25.3 Å². The summed E-state index contributed by atoms with van der Waals surface area (Å²) in [6.45, 7) is 0.754. The lowest BCUT2D eigenvalue weighted by Gasteiger charge is -2.19. The van der Waals surface area contributed by atoms with Crippen molar-refractivity contribution in [3.05, 3.63) is 0 Å². The van der Waals surface area contributed by atoms with Gasteiger partial charge in [0.15, 0.2) is 0 Å². The van der Waals surface area contributed by atoms with Crippen LogP contribution in [-0.2, 0) is 9.59 Å². The average Bonchev–Trinajstić information content (AvgIpc) is 2.05. The molecule has 1 saturated heterocycles. The molecular formula is C7H11NO3. The number of aliphatic carboxylic acids is 1. The van der Waals surface area contributed by atoms with E-state index in [2.05, 4.69) is 5.32 Å². The summed E-state index contributed by atoms with van der Waals surface area (Å²) in [4.78, 5) is 21.0. The number of Topliss-reactive ketones (excluding diaryl/α,β-unsaturated/α-hetero) is 1. The number of carboxylic acid groups (broad SMARTS) is 1. The van der Waals surface area contributed by atoms with Crippen LogP contribution in [0.4, 0.5) is 0 Å². The van der Waals surface area contributed by atoms with Gasteiger partial charge in [-0.15, -0.1) is 0 Å². The third-order valence-electron chi connectivity index (χ3n) is 1.84. The number of piperidine rings is 1. The monoisotopic (exact) mass is 157 g/mol. The minimum Gasteiger partial charge on any atom is -0.475 e. The third-order valence-corrected chi connectivity index (χ3v) is 1.84. The first kappa shape index (κ1) is 8.20. The Bertz CT molecular complexity index is 173. The van der Waals surface area contributed by atoms with Gasteiger partial charge in [0.2, 0.25) is 0 Å². The molecule has 62 valence electrons. The molecule has 0 spiro atoms. The van der Waals surface area contributed by atoms with Crippen molar-refractivity contribution in [1.29, 1.82) is 0 Å². The zero-order valence-electron chi connectivity index (χ0n) is 6.17. The minimum absolute atomic E-state index is 0.443. The molecule has 0 aromatic rings. The summed E-state index contributed by atoms with van der Waals surface area (Å²) in [7, 11) is 0. The van der Waals surface area contributed by atoms with Gasteiger partial charge in [-0.1, -0.05) is 6.42 Å². The van der Waals surface area contributed by atoms with Crippen LogP contribution < -0.4 is 5.32 Å². The van der Waals surface area contributed by atoms with E-state index < -0.39 is 17.8 Å². The topological polar surface area (TPSA) is 66.4 Å².